The van der Waals surface area contributed by atoms with Gasteiger partial charge in [-0.15, -0.1) is 0 Å². The summed E-state index contributed by atoms with van der Waals surface area (Å²) in [5, 5.41) is 0.342. The average Bonchev–Trinajstić information content (AvgIpc) is 2.68. The zero-order valence-electron chi connectivity index (χ0n) is 15.7. The molecule has 0 fully saturated rings. The van der Waals surface area contributed by atoms with Crippen molar-refractivity contribution in [3.05, 3.63) is 64.4 Å². The van der Waals surface area contributed by atoms with E-state index in [0.29, 0.717) is 29.8 Å². The second-order valence-corrected chi connectivity index (χ2v) is 8.14. The van der Waals surface area contributed by atoms with Gasteiger partial charge in [-0.3, -0.25) is 4.79 Å². The van der Waals surface area contributed by atoms with Gasteiger partial charge in [0.15, 0.2) is 0 Å². The maximum absolute atomic E-state index is 13.1. The van der Waals surface area contributed by atoms with Gasteiger partial charge in [0.25, 0.3) is 0 Å². The van der Waals surface area contributed by atoms with Gasteiger partial charge in [-0.05, 0) is 56.2 Å². The Morgan fingerprint density at radius 1 is 1.00 bits per heavy atom. The van der Waals surface area contributed by atoms with Crippen molar-refractivity contribution in [3.8, 4) is 5.75 Å². The SMILES string of the molecule is CCOc1ccc2c(c1)c(=O)c(S(=O)(=O)c1ccc(CC)cc1)cn2CC. The van der Waals surface area contributed by atoms with Gasteiger partial charge < -0.3 is 9.30 Å². The van der Waals surface area contributed by atoms with Crippen LogP contribution in [0.2, 0.25) is 0 Å². The standard InChI is InChI=1S/C21H23NO4S/c1-4-15-7-10-17(11-8-15)27(24,25)20-14-22(5-2)19-12-9-16(26-6-3)13-18(19)21(20)23/h7-14H,4-6H2,1-3H3. The van der Waals surface area contributed by atoms with Crippen LogP contribution in [0.25, 0.3) is 10.9 Å². The first-order chi connectivity index (χ1) is 12.9. The molecular formula is C21H23NO4S. The normalized spacial score (nSPS) is 11.7. The van der Waals surface area contributed by atoms with Crippen LogP contribution in [0.4, 0.5) is 0 Å². The zero-order valence-corrected chi connectivity index (χ0v) is 16.5. The van der Waals surface area contributed by atoms with Crippen molar-refractivity contribution in [2.45, 2.75) is 43.5 Å². The van der Waals surface area contributed by atoms with Crippen molar-refractivity contribution in [3.63, 3.8) is 0 Å². The molecule has 0 spiro atoms. The molecule has 0 saturated heterocycles. The molecule has 0 aliphatic rings. The van der Waals surface area contributed by atoms with Crippen molar-refractivity contribution < 1.29 is 13.2 Å². The number of aromatic nitrogens is 1. The Morgan fingerprint density at radius 3 is 2.30 bits per heavy atom. The lowest BCUT2D eigenvalue weighted by Crippen LogP contribution is -2.19. The van der Waals surface area contributed by atoms with Crippen molar-refractivity contribution in [2.75, 3.05) is 6.61 Å². The van der Waals surface area contributed by atoms with E-state index < -0.39 is 15.3 Å². The third kappa shape index (κ3) is 3.49. The molecule has 3 aromatic rings. The maximum atomic E-state index is 13.1. The van der Waals surface area contributed by atoms with Crippen LogP contribution in [-0.2, 0) is 22.8 Å². The van der Waals surface area contributed by atoms with E-state index in [2.05, 4.69) is 0 Å². The van der Waals surface area contributed by atoms with Crippen LogP contribution < -0.4 is 10.2 Å². The number of aryl methyl sites for hydroxylation is 2. The smallest absolute Gasteiger partial charge is 0.211 e. The number of hydrogen-bond donors (Lipinski definition) is 0. The molecule has 0 bridgehead atoms. The summed E-state index contributed by atoms with van der Waals surface area (Å²) in [5.41, 5.74) is 1.22. The molecule has 6 heteroatoms. The number of fused-ring (bicyclic) bond motifs is 1. The van der Waals surface area contributed by atoms with Crippen LogP contribution in [0.15, 0.2) is 63.2 Å². The summed E-state index contributed by atoms with van der Waals surface area (Å²) in [6.07, 6.45) is 2.26. The van der Waals surface area contributed by atoms with Crippen LogP contribution in [0.3, 0.4) is 0 Å². The van der Waals surface area contributed by atoms with Crippen LogP contribution in [0.5, 0.6) is 5.75 Å². The number of hydrogen-bond acceptors (Lipinski definition) is 4. The summed E-state index contributed by atoms with van der Waals surface area (Å²) in [6, 6.07) is 11.9. The lowest BCUT2D eigenvalue weighted by Gasteiger charge is -2.13. The fourth-order valence-electron chi connectivity index (χ4n) is 3.09. The second kappa shape index (κ2) is 7.56. The fourth-order valence-corrected chi connectivity index (χ4v) is 4.46. The first-order valence-electron chi connectivity index (χ1n) is 9.06. The van der Waals surface area contributed by atoms with Crippen molar-refractivity contribution in [2.24, 2.45) is 0 Å². The maximum Gasteiger partial charge on any atom is 0.211 e. The van der Waals surface area contributed by atoms with E-state index in [-0.39, 0.29) is 9.79 Å². The summed E-state index contributed by atoms with van der Waals surface area (Å²) in [5.74, 6) is 0.548. The number of benzene rings is 2. The molecule has 0 atom stereocenters. The second-order valence-electron chi connectivity index (χ2n) is 6.22. The number of nitrogens with zero attached hydrogens (tertiary/aromatic N) is 1. The Kier molecular flexibility index (Phi) is 5.37. The van der Waals surface area contributed by atoms with E-state index in [1.807, 2.05) is 20.8 Å². The van der Waals surface area contributed by atoms with E-state index >= 15 is 0 Å². The zero-order chi connectivity index (χ0) is 19.6. The summed E-state index contributed by atoms with van der Waals surface area (Å²) in [6.45, 7) is 6.78. The van der Waals surface area contributed by atoms with Crippen LogP contribution in [0, 0.1) is 0 Å². The van der Waals surface area contributed by atoms with Gasteiger partial charge in [-0.2, -0.15) is 0 Å². The highest BCUT2D eigenvalue weighted by Gasteiger charge is 2.23. The minimum Gasteiger partial charge on any atom is -0.494 e. The van der Waals surface area contributed by atoms with Crippen molar-refractivity contribution in [1.29, 1.82) is 0 Å². The van der Waals surface area contributed by atoms with Crippen LogP contribution >= 0.6 is 0 Å². The summed E-state index contributed by atoms with van der Waals surface area (Å²) < 4.78 is 33.5. The van der Waals surface area contributed by atoms with Gasteiger partial charge in [0.2, 0.25) is 15.3 Å². The molecule has 142 valence electrons. The molecule has 0 aliphatic carbocycles. The molecule has 0 unspecified atom stereocenters. The average molecular weight is 385 g/mol. The van der Waals surface area contributed by atoms with Gasteiger partial charge >= 0.3 is 0 Å². The predicted molar refractivity (Wildman–Crippen MR) is 106 cm³/mol. The highest BCUT2D eigenvalue weighted by atomic mass is 32.2. The molecule has 0 amide bonds. The summed E-state index contributed by atoms with van der Waals surface area (Å²) >= 11 is 0. The lowest BCUT2D eigenvalue weighted by atomic mass is 10.2. The molecule has 1 heterocycles. The van der Waals surface area contributed by atoms with Crippen LogP contribution in [-0.4, -0.2) is 19.6 Å². The molecule has 0 aliphatic heterocycles. The van der Waals surface area contributed by atoms with E-state index in [4.69, 9.17) is 4.74 Å². The first-order valence-corrected chi connectivity index (χ1v) is 10.5. The molecule has 2 aromatic carbocycles. The molecule has 0 saturated carbocycles. The molecule has 5 nitrogen and oxygen atoms in total. The topological polar surface area (TPSA) is 65.4 Å². The number of pyridine rings is 1. The molecule has 3 rings (SSSR count). The summed E-state index contributed by atoms with van der Waals surface area (Å²) in [7, 11) is -3.92. The van der Waals surface area contributed by atoms with Crippen LogP contribution in [0.1, 0.15) is 26.3 Å². The highest BCUT2D eigenvalue weighted by Crippen LogP contribution is 2.24. The van der Waals surface area contributed by atoms with E-state index in [1.54, 1.807) is 47.0 Å². The predicted octanol–water partition coefficient (Wildman–Crippen LogP) is 3.82. The molecule has 0 radical (unpaired) electrons. The van der Waals surface area contributed by atoms with Crippen molar-refractivity contribution >= 4 is 20.7 Å². The van der Waals surface area contributed by atoms with E-state index in [1.165, 1.54) is 6.20 Å². The monoisotopic (exact) mass is 385 g/mol. The Balaban J connectivity index is 2.26. The third-order valence-corrected chi connectivity index (χ3v) is 6.36. The number of ether oxygens (including phenoxy) is 1. The number of rotatable bonds is 6. The van der Waals surface area contributed by atoms with Gasteiger partial charge in [0.05, 0.1) is 22.4 Å². The van der Waals surface area contributed by atoms with Gasteiger partial charge in [-0.1, -0.05) is 19.1 Å². The largest absolute Gasteiger partial charge is 0.494 e. The Hall–Kier alpha value is -2.60. The highest BCUT2D eigenvalue weighted by molar-refractivity contribution is 7.91. The minimum absolute atomic E-state index is 0.125. The molecule has 1 aromatic heterocycles. The molecule has 0 N–H and O–H groups in total. The summed E-state index contributed by atoms with van der Waals surface area (Å²) in [4.78, 5) is 13.0. The lowest BCUT2D eigenvalue weighted by molar-refractivity contribution is 0.340. The molecular weight excluding hydrogens is 362 g/mol. The third-order valence-electron chi connectivity index (χ3n) is 4.60. The Bertz CT molecular complexity index is 1130. The fraction of sp³-hybridized carbons (Fsp3) is 0.286. The van der Waals surface area contributed by atoms with Gasteiger partial charge in [0.1, 0.15) is 10.6 Å². The Labute approximate surface area is 159 Å². The minimum atomic E-state index is -3.92. The van der Waals surface area contributed by atoms with Gasteiger partial charge in [-0.25, -0.2) is 8.42 Å². The van der Waals surface area contributed by atoms with E-state index in [9.17, 15) is 13.2 Å². The quantitative estimate of drug-likeness (QED) is 0.647. The first kappa shape index (κ1) is 19.2. The van der Waals surface area contributed by atoms with Crippen molar-refractivity contribution in [1.82, 2.24) is 4.57 Å². The Morgan fingerprint density at radius 2 is 1.70 bits per heavy atom. The number of sulfone groups is 1. The van der Waals surface area contributed by atoms with Gasteiger partial charge in [0, 0.05) is 12.7 Å². The molecule has 27 heavy (non-hydrogen) atoms. The van der Waals surface area contributed by atoms with E-state index in [0.717, 1.165) is 12.0 Å².